The van der Waals surface area contributed by atoms with Gasteiger partial charge in [-0.2, -0.15) is 0 Å². The predicted molar refractivity (Wildman–Crippen MR) is 50.4 cm³/mol. The molecule has 70 valence electrons. The molecule has 0 aliphatic heterocycles. The van der Waals surface area contributed by atoms with Crippen molar-refractivity contribution in [2.45, 2.75) is 26.4 Å². The van der Waals surface area contributed by atoms with E-state index in [1.54, 1.807) is 0 Å². The summed E-state index contributed by atoms with van der Waals surface area (Å²) < 4.78 is 0. The highest BCUT2D eigenvalue weighted by Crippen LogP contribution is 2.08. The minimum Gasteiger partial charge on any atom is -0.392 e. The Balaban J connectivity index is 4.00. The van der Waals surface area contributed by atoms with Crippen molar-refractivity contribution >= 4 is 23.6 Å². The van der Waals surface area contributed by atoms with Gasteiger partial charge in [0.15, 0.2) is 0 Å². The molecule has 0 aliphatic rings. The summed E-state index contributed by atoms with van der Waals surface area (Å²) in [5.41, 5.74) is 4.83. The van der Waals surface area contributed by atoms with Gasteiger partial charge in [0.25, 0.3) is 0 Å². The highest BCUT2D eigenvalue weighted by atomic mass is 32.1. The van der Waals surface area contributed by atoms with Crippen molar-refractivity contribution in [3.63, 3.8) is 0 Å². The van der Waals surface area contributed by atoms with Crippen LogP contribution >= 0.6 is 12.2 Å². The van der Waals surface area contributed by atoms with Gasteiger partial charge in [-0.05, 0) is 20.8 Å². The summed E-state index contributed by atoms with van der Waals surface area (Å²) >= 11 is 4.62. The maximum atomic E-state index is 10.4. The van der Waals surface area contributed by atoms with Crippen LogP contribution in [0.1, 0.15) is 20.8 Å². The van der Waals surface area contributed by atoms with Gasteiger partial charge in [-0.1, -0.05) is 12.2 Å². The van der Waals surface area contributed by atoms with Crippen LogP contribution in [0.2, 0.25) is 0 Å². The van der Waals surface area contributed by atoms with Crippen LogP contribution in [0.25, 0.3) is 0 Å². The van der Waals surface area contributed by atoms with Gasteiger partial charge in [0, 0.05) is 0 Å². The maximum Gasteiger partial charge on any atom is 0.233 e. The highest BCUT2D eigenvalue weighted by molar-refractivity contribution is 7.80. The molecule has 0 radical (unpaired) electrons. The van der Waals surface area contributed by atoms with Gasteiger partial charge >= 0.3 is 0 Å². The minimum atomic E-state index is -0.411. The van der Waals surface area contributed by atoms with Gasteiger partial charge in [-0.3, -0.25) is 9.63 Å². The number of carbonyl (C=O) groups excluding carboxylic acids is 1. The number of thiocarbonyl (C=S) groups is 1. The van der Waals surface area contributed by atoms with Crippen LogP contribution in [-0.4, -0.2) is 28.6 Å². The molecule has 0 aliphatic carbocycles. The normalized spacial score (nSPS) is 10.9. The first-order chi connectivity index (χ1) is 5.35. The maximum absolute atomic E-state index is 10.4. The number of nitrogens with zero attached hydrogens (tertiary/aromatic N) is 1. The summed E-state index contributed by atoms with van der Waals surface area (Å²) in [6, 6.07) is 0. The smallest absolute Gasteiger partial charge is 0.233 e. The molecule has 0 aromatic rings. The summed E-state index contributed by atoms with van der Waals surface area (Å²) in [7, 11) is 0. The van der Waals surface area contributed by atoms with E-state index < -0.39 is 5.60 Å². The topological polar surface area (TPSA) is 55.6 Å². The fourth-order valence-corrected chi connectivity index (χ4v) is 0.724. The molecule has 0 saturated carbocycles. The van der Waals surface area contributed by atoms with E-state index in [0.717, 1.165) is 5.06 Å². The second-order valence-corrected chi connectivity index (χ2v) is 3.87. The molecular formula is C7H14N2O2S. The number of rotatable bonds is 4. The van der Waals surface area contributed by atoms with E-state index in [2.05, 4.69) is 12.2 Å². The first-order valence-electron chi connectivity index (χ1n) is 3.54. The predicted octanol–water partition coefficient (Wildman–Crippen LogP) is 0.461. The summed E-state index contributed by atoms with van der Waals surface area (Å²) in [6.07, 6.45) is 0.560. The number of hydrogen-bond donors (Lipinski definition) is 1. The quantitative estimate of drug-likeness (QED) is 0.397. The Morgan fingerprint density at radius 1 is 1.67 bits per heavy atom. The number of nitrogens with two attached hydrogens (primary N) is 1. The van der Waals surface area contributed by atoms with Crippen LogP contribution in [-0.2, 0) is 9.63 Å². The molecule has 0 saturated heterocycles. The molecule has 0 aromatic carbocycles. The Hall–Kier alpha value is -0.680. The summed E-state index contributed by atoms with van der Waals surface area (Å²) in [6.45, 7) is 5.66. The van der Waals surface area contributed by atoms with Crippen LogP contribution in [0, 0.1) is 0 Å². The second kappa shape index (κ2) is 4.37. The third kappa shape index (κ3) is 6.06. The second-order valence-electron chi connectivity index (χ2n) is 3.35. The van der Waals surface area contributed by atoms with Crippen molar-refractivity contribution in [2.24, 2.45) is 5.73 Å². The van der Waals surface area contributed by atoms with Gasteiger partial charge in [0.05, 0.1) is 17.1 Å². The molecule has 0 bridgehead atoms. The van der Waals surface area contributed by atoms with Crippen molar-refractivity contribution in [3.8, 4) is 0 Å². The van der Waals surface area contributed by atoms with Crippen LogP contribution in [0.5, 0.6) is 0 Å². The zero-order valence-corrected chi connectivity index (χ0v) is 8.35. The molecule has 0 aromatic heterocycles. The SMILES string of the molecule is CC(C)(C)ON(C=O)CC(N)=S. The Bertz CT molecular complexity index is 177. The average Bonchev–Trinajstić information content (AvgIpc) is 1.82. The Kier molecular flexibility index (Phi) is 4.12. The molecule has 4 nitrogen and oxygen atoms in total. The first kappa shape index (κ1) is 11.3. The summed E-state index contributed by atoms with van der Waals surface area (Å²) in [5, 5.41) is 1.09. The van der Waals surface area contributed by atoms with Crippen molar-refractivity contribution < 1.29 is 9.63 Å². The molecule has 2 N–H and O–H groups in total. The zero-order valence-electron chi connectivity index (χ0n) is 7.53. The van der Waals surface area contributed by atoms with Gasteiger partial charge in [0.2, 0.25) is 6.41 Å². The molecular weight excluding hydrogens is 176 g/mol. The summed E-state index contributed by atoms with van der Waals surface area (Å²) in [4.78, 5) is 15.8. The van der Waals surface area contributed by atoms with Gasteiger partial charge in [-0.25, -0.2) is 5.06 Å². The molecule has 1 amide bonds. The lowest BCUT2D eigenvalue weighted by molar-refractivity contribution is -0.209. The van der Waals surface area contributed by atoms with Crippen LogP contribution in [0.4, 0.5) is 0 Å². The van der Waals surface area contributed by atoms with Crippen molar-refractivity contribution in [3.05, 3.63) is 0 Å². The Labute approximate surface area is 77.6 Å². The number of hydroxylamine groups is 2. The van der Waals surface area contributed by atoms with Gasteiger partial charge in [0.1, 0.15) is 0 Å². The van der Waals surface area contributed by atoms with Gasteiger partial charge in [-0.15, -0.1) is 0 Å². The van der Waals surface area contributed by atoms with Crippen molar-refractivity contribution in [1.82, 2.24) is 5.06 Å². The minimum absolute atomic E-state index is 0.149. The van der Waals surface area contributed by atoms with E-state index in [1.165, 1.54) is 0 Å². The van der Waals surface area contributed by atoms with E-state index in [0.29, 0.717) is 6.41 Å². The monoisotopic (exact) mass is 190 g/mol. The van der Waals surface area contributed by atoms with Crippen LogP contribution in [0.15, 0.2) is 0 Å². The van der Waals surface area contributed by atoms with E-state index in [1.807, 2.05) is 20.8 Å². The lowest BCUT2D eigenvalue weighted by atomic mass is 10.2. The molecule has 0 rings (SSSR count). The molecule has 0 unspecified atom stereocenters. The van der Waals surface area contributed by atoms with Crippen molar-refractivity contribution in [1.29, 1.82) is 0 Å². The van der Waals surface area contributed by atoms with Crippen molar-refractivity contribution in [2.75, 3.05) is 6.54 Å². The summed E-state index contributed by atoms with van der Waals surface area (Å²) in [5.74, 6) is 0. The number of carbonyl (C=O) groups is 1. The highest BCUT2D eigenvalue weighted by Gasteiger charge is 2.16. The number of amides is 1. The van der Waals surface area contributed by atoms with Crippen LogP contribution in [0.3, 0.4) is 0 Å². The third-order valence-corrected chi connectivity index (χ3v) is 0.949. The molecule has 5 heteroatoms. The van der Waals surface area contributed by atoms with Gasteiger partial charge < -0.3 is 5.73 Å². The van der Waals surface area contributed by atoms with E-state index in [-0.39, 0.29) is 11.5 Å². The van der Waals surface area contributed by atoms with Crippen LogP contribution < -0.4 is 5.73 Å². The largest absolute Gasteiger partial charge is 0.392 e. The molecule has 0 spiro atoms. The Morgan fingerprint density at radius 2 is 2.17 bits per heavy atom. The lowest BCUT2D eigenvalue weighted by Gasteiger charge is -2.26. The zero-order chi connectivity index (χ0) is 9.78. The van der Waals surface area contributed by atoms with E-state index in [4.69, 9.17) is 10.6 Å². The molecule has 0 atom stereocenters. The fourth-order valence-electron chi connectivity index (χ4n) is 0.596. The third-order valence-electron chi connectivity index (χ3n) is 0.820. The average molecular weight is 190 g/mol. The fraction of sp³-hybridized carbons (Fsp3) is 0.714. The molecule has 12 heavy (non-hydrogen) atoms. The molecule has 0 heterocycles. The first-order valence-corrected chi connectivity index (χ1v) is 3.95. The van der Waals surface area contributed by atoms with E-state index >= 15 is 0 Å². The van der Waals surface area contributed by atoms with E-state index in [9.17, 15) is 4.79 Å². The lowest BCUT2D eigenvalue weighted by Crippen LogP contribution is -2.38. The molecule has 0 fully saturated rings. The number of hydrogen-bond acceptors (Lipinski definition) is 3. The standard InChI is InChI=1S/C7H14N2O2S/c1-7(2,3)11-9(5-10)4-6(8)12/h5H,4H2,1-3H3,(H2,8,12). The Morgan fingerprint density at radius 3 is 2.42 bits per heavy atom.